The molecule has 0 unspecified atom stereocenters. The van der Waals surface area contributed by atoms with Crippen molar-refractivity contribution in [3.05, 3.63) is 64.1 Å². The molecule has 1 aliphatic carbocycles. The normalized spacial score (nSPS) is 19.7. The van der Waals surface area contributed by atoms with Crippen molar-refractivity contribution in [2.45, 2.75) is 59.3 Å². The van der Waals surface area contributed by atoms with Crippen LogP contribution in [0.15, 0.2) is 48.5 Å². The number of halogens is 2. The lowest BCUT2D eigenvalue weighted by molar-refractivity contribution is -0.137. The van der Waals surface area contributed by atoms with E-state index in [0.29, 0.717) is 11.8 Å². The van der Waals surface area contributed by atoms with Gasteiger partial charge >= 0.3 is 0 Å². The van der Waals surface area contributed by atoms with Gasteiger partial charge in [-0.25, -0.2) is 0 Å². The van der Waals surface area contributed by atoms with E-state index >= 15 is 0 Å². The highest BCUT2D eigenvalue weighted by atomic mass is 35.5. The first-order valence-corrected chi connectivity index (χ1v) is 14.0. The maximum absolute atomic E-state index is 12.9. The van der Waals surface area contributed by atoms with E-state index in [1.165, 1.54) is 11.3 Å². The quantitative estimate of drug-likeness (QED) is 0.459. The summed E-state index contributed by atoms with van der Waals surface area (Å²) in [6.45, 7) is 10.4. The van der Waals surface area contributed by atoms with Gasteiger partial charge in [0.1, 0.15) is 0 Å². The number of carbonyl (C=O) groups is 1. The lowest BCUT2D eigenvalue weighted by Gasteiger charge is -2.39. The summed E-state index contributed by atoms with van der Waals surface area (Å²) in [5.74, 6) is 1.21. The third-order valence-electron chi connectivity index (χ3n) is 6.76. The second kappa shape index (κ2) is 16.1. The molecule has 0 bridgehead atoms. The molecule has 6 heteroatoms. The Morgan fingerprint density at radius 2 is 1.54 bits per heavy atom. The number of carbonyl (C=O) groups excluding carboxylic acids is 1. The predicted octanol–water partition coefficient (Wildman–Crippen LogP) is 7.07. The second-order valence-corrected chi connectivity index (χ2v) is 9.96. The summed E-state index contributed by atoms with van der Waals surface area (Å²) >= 11 is 11.7. The lowest BCUT2D eigenvalue weighted by atomic mass is 9.81. The topological polar surface area (TPSA) is 49.6 Å². The van der Waals surface area contributed by atoms with E-state index in [-0.39, 0.29) is 5.92 Å². The van der Waals surface area contributed by atoms with Gasteiger partial charge in [0.15, 0.2) is 0 Å². The Balaban J connectivity index is 0.000000407. The Kier molecular flexibility index (Phi) is 13.5. The van der Waals surface area contributed by atoms with Crippen LogP contribution < -0.4 is 10.6 Å². The number of nitrogens with two attached hydrogens (primary N) is 1. The molecular weight excluding hydrogens is 477 g/mol. The number of hydrogen-bond acceptors (Lipinski definition) is 3. The van der Waals surface area contributed by atoms with Crippen LogP contribution in [0.5, 0.6) is 0 Å². The molecular formula is C29H43Cl2N3O. The first kappa shape index (κ1) is 29.5. The minimum absolute atomic E-state index is 0.218. The van der Waals surface area contributed by atoms with Crippen molar-refractivity contribution in [1.29, 1.82) is 0 Å². The number of anilines is 1. The van der Waals surface area contributed by atoms with Gasteiger partial charge in [-0.05, 0) is 80.5 Å². The zero-order valence-electron chi connectivity index (χ0n) is 21.7. The van der Waals surface area contributed by atoms with Crippen LogP contribution >= 0.6 is 23.2 Å². The Bertz CT molecular complexity index is 861. The lowest BCUT2D eigenvalue weighted by Crippen LogP contribution is -2.51. The second-order valence-electron chi connectivity index (χ2n) is 9.08. The molecule has 4 nitrogen and oxygen atoms in total. The Morgan fingerprint density at radius 3 is 2.06 bits per heavy atom. The summed E-state index contributed by atoms with van der Waals surface area (Å²) in [7, 11) is 0. The van der Waals surface area contributed by atoms with E-state index in [0.717, 1.165) is 81.3 Å². The number of hydrogen-bond donors (Lipinski definition) is 1. The predicted molar refractivity (Wildman–Crippen MR) is 152 cm³/mol. The molecule has 1 aliphatic heterocycles. The van der Waals surface area contributed by atoms with Crippen molar-refractivity contribution in [2.24, 2.45) is 17.6 Å². The maximum Gasteiger partial charge on any atom is 0.225 e. The largest absolute Gasteiger partial charge is 0.368 e. The number of nitrogens with zero attached hydrogens (tertiary/aromatic N) is 2. The number of amides is 1. The number of benzene rings is 2. The van der Waals surface area contributed by atoms with Crippen molar-refractivity contribution >= 4 is 34.8 Å². The monoisotopic (exact) mass is 519 g/mol. The molecule has 2 aromatic rings. The number of piperazine rings is 1. The van der Waals surface area contributed by atoms with Gasteiger partial charge in [-0.1, -0.05) is 68.6 Å². The number of rotatable bonds is 5. The third-order valence-corrected chi connectivity index (χ3v) is 7.24. The first-order valence-electron chi connectivity index (χ1n) is 13.2. The minimum atomic E-state index is 0.218. The molecule has 0 aromatic heterocycles. The van der Waals surface area contributed by atoms with Gasteiger partial charge in [0.25, 0.3) is 0 Å². The summed E-state index contributed by atoms with van der Waals surface area (Å²) in [6, 6.07) is 15.6. The van der Waals surface area contributed by atoms with Gasteiger partial charge in [-0.3, -0.25) is 4.79 Å². The molecule has 1 saturated carbocycles. The molecule has 2 aromatic carbocycles. The van der Waals surface area contributed by atoms with Gasteiger partial charge < -0.3 is 15.5 Å². The molecule has 2 fully saturated rings. The zero-order chi connectivity index (χ0) is 25.6. The highest BCUT2D eigenvalue weighted by Gasteiger charge is 2.31. The standard InChI is InChI=1S/C21H32ClN3O.C6H5Cl.C2H6/c1-2-3-18-14-19(22)8-9-20(18)24-10-12-25(13-11-24)21(26)17-6-4-16(15-23)5-7-17;7-6-4-2-1-3-5-6;1-2/h8-9,14,16-17H,2-7,10-13,15,23H2,1H3;1-5H;1-2H3. The molecule has 2 aliphatic rings. The average molecular weight is 521 g/mol. The van der Waals surface area contributed by atoms with Gasteiger partial charge in [-0.2, -0.15) is 0 Å². The van der Waals surface area contributed by atoms with Crippen molar-refractivity contribution in [1.82, 2.24) is 4.90 Å². The summed E-state index contributed by atoms with van der Waals surface area (Å²) in [6.07, 6.45) is 6.39. The molecule has 1 amide bonds. The van der Waals surface area contributed by atoms with E-state index < -0.39 is 0 Å². The van der Waals surface area contributed by atoms with Gasteiger partial charge in [0, 0.05) is 47.8 Å². The third kappa shape index (κ3) is 9.33. The van der Waals surface area contributed by atoms with E-state index in [4.69, 9.17) is 28.9 Å². The summed E-state index contributed by atoms with van der Waals surface area (Å²) in [5.41, 5.74) is 8.38. The average Bonchev–Trinajstić information content (AvgIpc) is 2.91. The summed E-state index contributed by atoms with van der Waals surface area (Å²) in [5, 5.41) is 1.60. The molecule has 1 heterocycles. The van der Waals surface area contributed by atoms with Crippen LogP contribution in [0, 0.1) is 11.8 Å². The van der Waals surface area contributed by atoms with Gasteiger partial charge in [0.2, 0.25) is 5.91 Å². The highest BCUT2D eigenvalue weighted by molar-refractivity contribution is 6.30. The Labute approximate surface area is 222 Å². The van der Waals surface area contributed by atoms with E-state index in [9.17, 15) is 4.79 Å². The van der Waals surface area contributed by atoms with Crippen molar-refractivity contribution in [3.8, 4) is 0 Å². The zero-order valence-corrected chi connectivity index (χ0v) is 23.2. The van der Waals surface area contributed by atoms with Crippen LogP contribution in [0.4, 0.5) is 5.69 Å². The molecule has 0 spiro atoms. The molecule has 4 rings (SSSR count). The van der Waals surface area contributed by atoms with E-state index in [2.05, 4.69) is 28.9 Å². The Hall–Kier alpha value is -1.75. The molecule has 194 valence electrons. The SMILES string of the molecule is CC.CCCc1cc(Cl)ccc1N1CCN(C(=O)C2CCC(CN)CC2)CC1.Clc1ccccc1. The van der Waals surface area contributed by atoms with Crippen molar-refractivity contribution in [3.63, 3.8) is 0 Å². The van der Waals surface area contributed by atoms with E-state index in [1.54, 1.807) is 0 Å². The fraction of sp³-hybridized carbons (Fsp3) is 0.552. The van der Waals surface area contributed by atoms with Crippen LogP contribution in [-0.2, 0) is 11.2 Å². The first-order chi connectivity index (χ1) is 17.0. The van der Waals surface area contributed by atoms with Crippen LogP contribution in [0.1, 0.15) is 58.4 Å². The van der Waals surface area contributed by atoms with Crippen LogP contribution in [-0.4, -0.2) is 43.5 Å². The molecule has 35 heavy (non-hydrogen) atoms. The highest BCUT2D eigenvalue weighted by Crippen LogP contribution is 2.31. The van der Waals surface area contributed by atoms with Crippen LogP contribution in [0.2, 0.25) is 10.0 Å². The number of aryl methyl sites for hydroxylation is 1. The maximum atomic E-state index is 12.9. The van der Waals surface area contributed by atoms with Crippen LogP contribution in [0.3, 0.4) is 0 Å². The van der Waals surface area contributed by atoms with Gasteiger partial charge in [0.05, 0.1) is 0 Å². The minimum Gasteiger partial charge on any atom is -0.368 e. The van der Waals surface area contributed by atoms with Crippen LogP contribution in [0.25, 0.3) is 0 Å². The van der Waals surface area contributed by atoms with Crippen molar-refractivity contribution < 1.29 is 4.79 Å². The molecule has 0 radical (unpaired) electrons. The fourth-order valence-electron chi connectivity index (χ4n) is 4.82. The fourth-order valence-corrected chi connectivity index (χ4v) is 5.16. The molecule has 0 atom stereocenters. The molecule has 1 saturated heterocycles. The van der Waals surface area contributed by atoms with E-state index in [1.807, 2.05) is 50.2 Å². The summed E-state index contributed by atoms with van der Waals surface area (Å²) in [4.78, 5) is 17.4. The smallest absolute Gasteiger partial charge is 0.225 e. The summed E-state index contributed by atoms with van der Waals surface area (Å²) < 4.78 is 0. The van der Waals surface area contributed by atoms with Gasteiger partial charge in [-0.15, -0.1) is 0 Å². The molecule has 2 N–H and O–H groups in total. The van der Waals surface area contributed by atoms with Crippen molar-refractivity contribution in [2.75, 3.05) is 37.6 Å². The Morgan fingerprint density at radius 1 is 0.914 bits per heavy atom.